The normalized spacial score (nSPS) is 14.0. The number of fused-ring (bicyclic) bond motifs is 1. The molecule has 0 aliphatic heterocycles. The van der Waals surface area contributed by atoms with Crippen molar-refractivity contribution in [2.24, 2.45) is 11.7 Å². The third-order valence-electron chi connectivity index (χ3n) is 3.66. The van der Waals surface area contributed by atoms with Crippen molar-refractivity contribution in [3.63, 3.8) is 0 Å². The molecule has 23 heavy (non-hydrogen) atoms. The Kier molecular flexibility index (Phi) is 5.01. The van der Waals surface area contributed by atoms with Gasteiger partial charge in [-0.15, -0.1) is 11.3 Å². The number of thiophene rings is 1. The van der Waals surface area contributed by atoms with Crippen LogP contribution in [0.2, 0.25) is 0 Å². The van der Waals surface area contributed by atoms with Crippen molar-refractivity contribution < 1.29 is 9.72 Å². The van der Waals surface area contributed by atoms with Crippen molar-refractivity contribution in [3.05, 3.63) is 39.3 Å². The van der Waals surface area contributed by atoms with E-state index >= 15 is 0 Å². The molecule has 0 spiro atoms. The van der Waals surface area contributed by atoms with Gasteiger partial charge in [-0.2, -0.15) is 0 Å². The fourth-order valence-electron chi connectivity index (χ4n) is 2.68. The smallest absolute Gasteiger partial charge is 0.270 e. The molecular weight excluding hydrogens is 314 g/mol. The van der Waals surface area contributed by atoms with Crippen LogP contribution in [0.5, 0.6) is 0 Å². The van der Waals surface area contributed by atoms with Crippen molar-refractivity contribution in [1.29, 1.82) is 0 Å². The van der Waals surface area contributed by atoms with Gasteiger partial charge in [0, 0.05) is 28.8 Å². The highest BCUT2D eigenvalue weighted by atomic mass is 32.1. The summed E-state index contributed by atoms with van der Waals surface area (Å²) < 4.78 is 0.846. The second-order valence-corrected chi connectivity index (χ2v) is 7.49. The molecule has 0 radical (unpaired) electrons. The molecule has 0 aliphatic rings. The van der Waals surface area contributed by atoms with E-state index in [2.05, 4.69) is 19.2 Å². The van der Waals surface area contributed by atoms with Gasteiger partial charge in [-0.25, -0.2) is 0 Å². The SMILES string of the molecule is CC(C)CC(C)(CN)NC(=O)c1cc2cc([N+](=O)[O-])ccc2s1. The molecule has 1 atom stereocenters. The summed E-state index contributed by atoms with van der Waals surface area (Å²) >= 11 is 1.32. The molecule has 7 heteroatoms. The van der Waals surface area contributed by atoms with E-state index in [1.807, 2.05) is 6.92 Å². The first-order valence-electron chi connectivity index (χ1n) is 7.44. The number of benzene rings is 1. The first-order valence-corrected chi connectivity index (χ1v) is 8.26. The predicted octanol–water partition coefficient (Wildman–Crippen LogP) is 3.30. The van der Waals surface area contributed by atoms with E-state index in [0.717, 1.165) is 11.1 Å². The Morgan fingerprint density at radius 3 is 2.70 bits per heavy atom. The Bertz CT molecular complexity index is 741. The Morgan fingerprint density at radius 1 is 1.43 bits per heavy atom. The Balaban J connectivity index is 2.25. The summed E-state index contributed by atoms with van der Waals surface area (Å²) in [6, 6.07) is 6.29. The van der Waals surface area contributed by atoms with Crippen LogP contribution in [0, 0.1) is 16.0 Å². The number of hydrogen-bond acceptors (Lipinski definition) is 5. The van der Waals surface area contributed by atoms with Gasteiger partial charge in [0.25, 0.3) is 11.6 Å². The van der Waals surface area contributed by atoms with Crippen LogP contribution in [0.1, 0.15) is 36.9 Å². The number of nitrogens with two attached hydrogens (primary N) is 1. The van der Waals surface area contributed by atoms with Gasteiger partial charge in [-0.3, -0.25) is 14.9 Å². The summed E-state index contributed by atoms with van der Waals surface area (Å²) in [6.45, 7) is 6.45. The third kappa shape index (κ3) is 4.05. The van der Waals surface area contributed by atoms with Crippen molar-refractivity contribution in [1.82, 2.24) is 5.32 Å². The summed E-state index contributed by atoms with van der Waals surface area (Å²) in [5.74, 6) is 0.219. The predicted molar refractivity (Wildman–Crippen MR) is 92.9 cm³/mol. The van der Waals surface area contributed by atoms with Crippen LogP contribution in [0.15, 0.2) is 24.3 Å². The second kappa shape index (κ2) is 6.64. The molecule has 6 nitrogen and oxygen atoms in total. The highest BCUT2D eigenvalue weighted by Crippen LogP contribution is 2.29. The topological polar surface area (TPSA) is 98.3 Å². The lowest BCUT2D eigenvalue weighted by atomic mass is 9.90. The molecule has 0 aliphatic carbocycles. The van der Waals surface area contributed by atoms with Crippen LogP contribution in [0.4, 0.5) is 5.69 Å². The van der Waals surface area contributed by atoms with Gasteiger partial charge < -0.3 is 11.1 Å². The Labute approximate surface area is 138 Å². The highest BCUT2D eigenvalue weighted by Gasteiger charge is 2.27. The fourth-order valence-corrected chi connectivity index (χ4v) is 3.62. The van der Waals surface area contributed by atoms with Gasteiger partial charge in [-0.1, -0.05) is 13.8 Å². The summed E-state index contributed by atoms with van der Waals surface area (Å²) in [7, 11) is 0. The van der Waals surface area contributed by atoms with Gasteiger partial charge in [-0.05, 0) is 31.4 Å². The minimum atomic E-state index is -0.465. The number of nitro benzene ring substituents is 1. The van der Waals surface area contributed by atoms with Crippen LogP contribution in [-0.4, -0.2) is 22.9 Å². The van der Waals surface area contributed by atoms with E-state index in [4.69, 9.17) is 5.73 Å². The molecule has 0 saturated carbocycles. The number of carbonyl (C=O) groups excluding carboxylic acids is 1. The van der Waals surface area contributed by atoms with E-state index in [-0.39, 0.29) is 11.6 Å². The fraction of sp³-hybridized carbons (Fsp3) is 0.438. The Morgan fingerprint density at radius 2 is 2.13 bits per heavy atom. The molecule has 1 amide bonds. The number of amides is 1. The monoisotopic (exact) mass is 335 g/mol. The number of non-ortho nitro benzene ring substituents is 1. The lowest BCUT2D eigenvalue weighted by molar-refractivity contribution is -0.384. The van der Waals surface area contributed by atoms with E-state index in [1.54, 1.807) is 12.1 Å². The molecule has 124 valence electrons. The van der Waals surface area contributed by atoms with E-state index in [9.17, 15) is 14.9 Å². The largest absolute Gasteiger partial charge is 0.345 e. The molecule has 2 aromatic rings. The van der Waals surface area contributed by atoms with Crippen molar-refractivity contribution in [2.75, 3.05) is 6.54 Å². The Hall–Kier alpha value is -1.99. The van der Waals surface area contributed by atoms with Crippen LogP contribution in [-0.2, 0) is 0 Å². The van der Waals surface area contributed by atoms with Crippen LogP contribution < -0.4 is 11.1 Å². The zero-order chi connectivity index (χ0) is 17.2. The lowest BCUT2D eigenvalue weighted by Gasteiger charge is -2.31. The molecule has 1 heterocycles. The third-order valence-corrected chi connectivity index (χ3v) is 4.77. The maximum atomic E-state index is 12.5. The molecule has 0 saturated heterocycles. The second-order valence-electron chi connectivity index (χ2n) is 6.41. The quantitative estimate of drug-likeness (QED) is 0.625. The maximum absolute atomic E-state index is 12.5. The molecule has 0 bridgehead atoms. The average molecular weight is 335 g/mol. The number of nitro groups is 1. The molecule has 1 aromatic heterocycles. The number of nitrogens with one attached hydrogen (secondary N) is 1. The number of carbonyl (C=O) groups is 1. The summed E-state index contributed by atoms with van der Waals surface area (Å²) in [5.41, 5.74) is 5.38. The van der Waals surface area contributed by atoms with E-state index in [0.29, 0.717) is 22.7 Å². The van der Waals surface area contributed by atoms with Crippen LogP contribution >= 0.6 is 11.3 Å². The van der Waals surface area contributed by atoms with E-state index < -0.39 is 10.5 Å². The molecule has 2 rings (SSSR count). The van der Waals surface area contributed by atoms with Gasteiger partial charge in [0.15, 0.2) is 0 Å². The van der Waals surface area contributed by atoms with Crippen LogP contribution in [0.25, 0.3) is 10.1 Å². The summed E-state index contributed by atoms with van der Waals surface area (Å²) in [6.07, 6.45) is 0.783. The van der Waals surface area contributed by atoms with E-state index in [1.165, 1.54) is 23.5 Å². The summed E-state index contributed by atoms with van der Waals surface area (Å²) in [4.78, 5) is 23.4. The molecule has 0 fully saturated rings. The maximum Gasteiger partial charge on any atom is 0.270 e. The molecular formula is C16H21N3O3S. The molecule has 1 aromatic carbocycles. The van der Waals surface area contributed by atoms with Crippen molar-refractivity contribution in [3.8, 4) is 0 Å². The first-order chi connectivity index (χ1) is 10.7. The number of rotatable bonds is 6. The first kappa shape index (κ1) is 17.4. The van der Waals surface area contributed by atoms with Crippen molar-refractivity contribution in [2.45, 2.75) is 32.7 Å². The highest BCUT2D eigenvalue weighted by molar-refractivity contribution is 7.20. The minimum Gasteiger partial charge on any atom is -0.345 e. The lowest BCUT2D eigenvalue weighted by Crippen LogP contribution is -2.52. The number of hydrogen-bond donors (Lipinski definition) is 2. The number of nitrogens with zero attached hydrogens (tertiary/aromatic N) is 1. The minimum absolute atomic E-state index is 0.0221. The molecule has 3 N–H and O–H groups in total. The van der Waals surface area contributed by atoms with Crippen molar-refractivity contribution >= 4 is 33.0 Å². The van der Waals surface area contributed by atoms with Crippen LogP contribution in [0.3, 0.4) is 0 Å². The summed E-state index contributed by atoms with van der Waals surface area (Å²) in [5, 5.41) is 14.5. The zero-order valence-corrected chi connectivity index (χ0v) is 14.3. The van der Waals surface area contributed by atoms with Gasteiger partial charge in [0.05, 0.1) is 15.3 Å². The zero-order valence-electron chi connectivity index (χ0n) is 13.5. The molecule has 1 unspecified atom stereocenters. The standard InChI is InChI=1S/C16H21N3O3S/c1-10(2)8-16(3,9-17)18-15(20)14-7-11-6-12(19(21)22)4-5-13(11)23-14/h4-7,10H,8-9,17H2,1-3H3,(H,18,20). The van der Waals surface area contributed by atoms with Gasteiger partial charge in [0.2, 0.25) is 0 Å². The van der Waals surface area contributed by atoms with Gasteiger partial charge in [0.1, 0.15) is 0 Å². The van der Waals surface area contributed by atoms with Gasteiger partial charge >= 0.3 is 0 Å². The average Bonchev–Trinajstić information content (AvgIpc) is 2.89.